The van der Waals surface area contributed by atoms with Crippen LogP contribution in [0, 0.1) is 0 Å². The molecular formula is C14H19NS. The summed E-state index contributed by atoms with van der Waals surface area (Å²) in [7, 11) is 0. The van der Waals surface area contributed by atoms with Gasteiger partial charge in [-0.25, -0.2) is 0 Å². The Morgan fingerprint density at radius 1 is 1.19 bits per heavy atom. The Morgan fingerprint density at radius 3 is 2.56 bits per heavy atom. The Kier molecular flexibility index (Phi) is 4.49. The van der Waals surface area contributed by atoms with Crippen LogP contribution in [0.2, 0.25) is 0 Å². The average Bonchev–Trinajstić information content (AvgIpc) is 2.38. The lowest BCUT2D eigenvalue weighted by atomic mass is 10.0. The Bertz CT molecular complexity index is 328. The summed E-state index contributed by atoms with van der Waals surface area (Å²) in [4.78, 5) is 2.55. The molecule has 2 rings (SSSR count). The lowest BCUT2D eigenvalue weighted by molar-refractivity contribution is 0.310. The first-order chi connectivity index (χ1) is 7.86. The maximum atomic E-state index is 4.18. The molecule has 1 heterocycles. The highest BCUT2D eigenvalue weighted by Crippen LogP contribution is 2.17. The van der Waals surface area contributed by atoms with Gasteiger partial charge in [0.1, 0.15) is 0 Å². The van der Waals surface area contributed by atoms with Crippen molar-refractivity contribution in [1.29, 1.82) is 0 Å². The molecule has 0 aromatic heterocycles. The molecule has 1 nitrogen and oxygen atoms in total. The fourth-order valence-corrected chi connectivity index (χ4v) is 2.91. The van der Waals surface area contributed by atoms with Gasteiger partial charge in [-0.3, -0.25) is 0 Å². The molecule has 86 valence electrons. The minimum atomic E-state index is 1.09. The smallest absolute Gasteiger partial charge is 0.00728 e. The Hall–Kier alpha value is -0.730. The SMILES string of the molecule is C=C(CCN1CCSCC1)c1ccccc1. The van der Waals surface area contributed by atoms with E-state index in [0.29, 0.717) is 0 Å². The van der Waals surface area contributed by atoms with Crippen LogP contribution in [0.15, 0.2) is 36.9 Å². The molecule has 1 aromatic carbocycles. The van der Waals surface area contributed by atoms with E-state index in [1.54, 1.807) is 0 Å². The second-order valence-corrected chi connectivity index (χ2v) is 5.40. The maximum Gasteiger partial charge on any atom is 0.00728 e. The van der Waals surface area contributed by atoms with Crippen LogP contribution in [0.3, 0.4) is 0 Å². The highest BCUT2D eigenvalue weighted by atomic mass is 32.2. The standard InChI is InChI=1S/C14H19NS/c1-13(14-5-3-2-4-6-14)7-8-15-9-11-16-12-10-15/h2-6H,1,7-12H2. The fourth-order valence-electron chi connectivity index (χ4n) is 1.94. The molecule has 0 radical (unpaired) electrons. The molecule has 0 bridgehead atoms. The first kappa shape index (κ1) is 11.7. The van der Waals surface area contributed by atoms with Crippen molar-refractivity contribution in [2.45, 2.75) is 6.42 Å². The van der Waals surface area contributed by atoms with E-state index in [1.807, 2.05) is 0 Å². The largest absolute Gasteiger partial charge is 0.301 e. The van der Waals surface area contributed by atoms with Crippen molar-refractivity contribution in [2.75, 3.05) is 31.1 Å². The van der Waals surface area contributed by atoms with E-state index in [-0.39, 0.29) is 0 Å². The summed E-state index contributed by atoms with van der Waals surface area (Å²) in [5, 5.41) is 0. The average molecular weight is 233 g/mol. The highest BCUT2D eigenvalue weighted by molar-refractivity contribution is 7.99. The summed E-state index contributed by atoms with van der Waals surface area (Å²) in [6, 6.07) is 10.5. The number of rotatable bonds is 4. The molecule has 0 unspecified atom stereocenters. The normalized spacial score (nSPS) is 17.2. The van der Waals surface area contributed by atoms with Gasteiger partial charge in [0, 0.05) is 31.1 Å². The van der Waals surface area contributed by atoms with Crippen LogP contribution in [0.1, 0.15) is 12.0 Å². The minimum Gasteiger partial charge on any atom is -0.301 e. The fraction of sp³-hybridized carbons (Fsp3) is 0.429. The topological polar surface area (TPSA) is 3.24 Å². The molecule has 1 aliphatic rings. The molecule has 0 saturated carbocycles. The molecule has 0 aliphatic carbocycles. The summed E-state index contributed by atoms with van der Waals surface area (Å²) < 4.78 is 0. The lowest BCUT2D eigenvalue weighted by Crippen LogP contribution is -2.33. The third-order valence-electron chi connectivity index (χ3n) is 3.02. The van der Waals surface area contributed by atoms with Crippen molar-refractivity contribution >= 4 is 17.3 Å². The summed E-state index contributed by atoms with van der Waals surface area (Å²) in [6.07, 6.45) is 1.09. The van der Waals surface area contributed by atoms with Crippen molar-refractivity contribution in [3.05, 3.63) is 42.5 Å². The monoisotopic (exact) mass is 233 g/mol. The van der Waals surface area contributed by atoms with Crippen LogP contribution in [-0.4, -0.2) is 36.0 Å². The Morgan fingerprint density at radius 2 is 1.88 bits per heavy atom. The summed E-state index contributed by atoms with van der Waals surface area (Å²) in [5.41, 5.74) is 2.55. The van der Waals surface area contributed by atoms with E-state index in [2.05, 4.69) is 53.6 Å². The third kappa shape index (κ3) is 3.39. The summed E-state index contributed by atoms with van der Waals surface area (Å²) in [5.74, 6) is 2.58. The minimum absolute atomic E-state index is 1.09. The molecular weight excluding hydrogens is 214 g/mol. The van der Waals surface area contributed by atoms with E-state index in [4.69, 9.17) is 0 Å². The second kappa shape index (κ2) is 6.12. The van der Waals surface area contributed by atoms with Gasteiger partial charge >= 0.3 is 0 Å². The van der Waals surface area contributed by atoms with Crippen LogP contribution in [0.5, 0.6) is 0 Å². The van der Waals surface area contributed by atoms with E-state index in [0.717, 1.165) is 13.0 Å². The van der Waals surface area contributed by atoms with Gasteiger partial charge in [-0.15, -0.1) is 0 Å². The van der Waals surface area contributed by atoms with Gasteiger partial charge in [0.25, 0.3) is 0 Å². The highest BCUT2D eigenvalue weighted by Gasteiger charge is 2.10. The van der Waals surface area contributed by atoms with Gasteiger partial charge in [0.05, 0.1) is 0 Å². The molecule has 0 N–H and O–H groups in total. The van der Waals surface area contributed by atoms with E-state index < -0.39 is 0 Å². The number of nitrogens with zero attached hydrogens (tertiary/aromatic N) is 1. The van der Waals surface area contributed by atoms with Crippen LogP contribution >= 0.6 is 11.8 Å². The lowest BCUT2D eigenvalue weighted by Gasteiger charge is -2.26. The molecule has 0 amide bonds. The zero-order valence-corrected chi connectivity index (χ0v) is 10.5. The number of thioether (sulfide) groups is 1. The van der Waals surface area contributed by atoms with Crippen molar-refractivity contribution < 1.29 is 0 Å². The van der Waals surface area contributed by atoms with Crippen molar-refractivity contribution in [3.63, 3.8) is 0 Å². The van der Waals surface area contributed by atoms with E-state index in [1.165, 1.54) is 35.7 Å². The molecule has 1 aromatic rings. The van der Waals surface area contributed by atoms with Gasteiger partial charge in [0.2, 0.25) is 0 Å². The van der Waals surface area contributed by atoms with E-state index >= 15 is 0 Å². The summed E-state index contributed by atoms with van der Waals surface area (Å²) >= 11 is 2.07. The molecule has 0 spiro atoms. The first-order valence-corrected chi connectivity index (χ1v) is 7.05. The molecule has 0 atom stereocenters. The van der Waals surface area contributed by atoms with Crippen LogP contribution in [-0.2, 0) is 0 Å². The van der Waals surface area contributed by atoms with Crippen molar-refractivity contribution in [3.8, 4) is 0 Å². The molecule has 1 aliphatic heterocycles. The van der Waals surface area contributed by atoms with Crippen LogP contribution in [0.4, 0.5) is 0 Å². The molecule has 16 heavy (non-hydrogen) atoms. The predicted molar refractivity (Wildman–Crippen MR) is 73.9 cm³/mol. The molecule has 1 saturated heterocycles. The predicted octanol–water partition coefficient (Wildman–Crippen LogP) is 3.14. The van der Waals surface area contributed by atoms with Gasteiger partial charge in [0.15, 0.2) is 0 Å². The zero-order valence-electron chi connectivity index (χ0n) is 9.69. The Balaban J connectivity index is 1.79. The van der Waals surface area contributed by atoms with Gasteiger partial charge in [-0.2, -0.15) is 11.8 Å². The van der Waals surface area contributed by atoms with Crippen LogP contribution in [0.25, 0.3) is 5.57 Å². The summed E-state index contributed by atoms with van der Waals surface area (Å²) in [6.45, 7) is 7.82. The Labute approximate surface area is 103 Å². The van der Waals surface area contributed by atoms with Gasteiger partial charge < -0.3 is 4.90 Å². The molecule has 2 heteroatoms. The van der Waals surface area contributed by atoms with Gasteiger partial charge in [-0.05, 0) is 17.6 Å². The zero-order chi connectivity index (χ0) is 11.2. The number of hydrogen-bond donors (Lipinski definition) is 0. The maximum absolute atomic E-state index is 4.18. The number of benzene rings is 1. The second-order valence-electron chi connectivity index (χ2n) is 4.17. The quantitative estimate of drug-likeness (QED) is 0.786. The third-order valence-corrected chi connectivity index (χ3v) is 3.96. The number of hydrogen-bond acceptors (Lipinski definition) is 2. The van der Waals surface area contributed by atoms with Crippen molar-refractivity contribution in [2.24, 2.45) is 0 Å². The molecule has 1 fully saturated rings. The van der Waals surface area contributed by atoms with E-state index in [9.17, 15) is 0 Å². The van der Waals surface area contributed by atoms with Crippen LogP contribution < -0.4 is 0 Å². The van der Waals surface area contributed by atoms with Gasteiger partial charge in [-0.1, -0.05) is 36.9 Å². The van der Waals surface area contributed by atoms with Crippen molar-refractivity contribution in [1.82, 2.24) is 4.90 Å². The first-order valence-electron chi connectivity index (χ1n) is 5.89.